The van der Waals surface area contributed by atoms with Crippen molar-refractivity contribution < 1.29 is 14.3 Å². The second-order valence-electron chi connectivity index (χ2n) is 3.22. The minimum atomic E-state index is -0.615. The average molecular weight is 270 g/mol. The summed E-state index contributed by atoms with van der Waals surface area (Å²) >= 11 is 3.34. The summed E-state index contributed by atoms with van der Waals surface area (Å²) in [4.78, 5) is 23.6. The molecule has 0 atom stereocenters. The van der Waals surface area contributed by atoms with Crippen LogP contribution in [0.3, 0.4) is 0 Å². The van der Waals surface area contributed by atoms with Gasteiger partial charge in [0.25, 0.3) is 5.91 Å². The smallest absolute Gasteiger partial charge is 0.421 e. The molecule has 2 amide bonds. The molecule has 1 saturated heterocycles. The number of rotatable bonds is 1. The van der Waals surface area contributed by atoms with E-state index in [2.05, 4.69) is 20.7 Å². The van der Waals surface area contributed by atoms with Crippen molar-refractivity contribution in [2.45, 2.75) is 6.92 Å². The zero-order valence-corrected chi connectivity index (χ0v) is 9.58. The Hall–Kier alpha value is -1.36. The fourth-order valence-corrected chi connectivity index (χ4v) is 1.69. The molecule has 78 valence electrons. The third-order valence-corrected chi connectivity index (χ3v) is 3.02. The molecule has 5 heteroatoms. The van der Waals surface area contributed by atoms with Gasteiger partial charge in [0.15, 0.2) is 6.61 Å². The van der Waals surface area contributed by atoms with E-state index >= 15 is 0 Å². The Kier molecular flexibility index (Phi) is 2.48. The van der Waals surface area contributed by atoms with Gasteiger partial charge in [-0.15, -0.1) is 0 Å². The number of anilines is 1. The first-order chi connectivity index (χ1) is 7.09. The van der Waals surface area contributed by atoms with E-state index in [1.807, 2.05) is 13.0 Å². The van der Waals surface area contributed by atoms with Crippen LogP contribution in [0.25, 0.3) is 0 Å². The van der Waals surface area contributed by atoms with Crippen molar-refractivity contribution in [1.29, 1.82) is 0 Å². The molecule has 0 unspecified atom stereocenters. The number of imide groups is 1. The number of carbonyl (C=O) groups is 2. The highest BCUT2D eigenvalue weighted by molar-refractivity contribution is 9.10. The molecule has 0 radical (unpaired) electrons. The van der Waals surface area contributed by atoms with Gasteiger partial charge in [-0.25, -0.2) is 9.69 Å². The fraction of sp³-hybridized carbons (Fsp3) is 0.200. The molecule has 1 aliphatic heterocycles. The van der Waals surface area contributed by atoms with Crippen LogP contribution in [0.5, 0.6) is 0 Å². The quantitative estimate of drug-likeness (QED) is 0.786. The van der Waals surface area contributed by atoms with E-state index in [1.54, 1.807) is 12.1 Å². The molecule has 0 spiro atoms. The van der Waals surface area contributed by atoms with Crippen LogP contribution in [0.4, 0.5) is 10.5 Å². The SMILES string of the molecule is Cc1ccc(N2C(=O)COC2=O)cc1Br. The Balaban J connectivity index is 2.41. The van der Waals surface area contributed by atoms with Crippen LogP contribution in [0.2, 0.25) is 0 Å². The van der Waals surface area contributed by atoms with Crippen molar-refractivity contribution in [3.8, 4) is 0 Å². The van der Waals surface area contributed by atoms with E-state index in [9.17, 15) is 9.59 Å². The summed E-state index contributed by atoms with van der Waals surface area (Å²) in [6, 6.07) is 5.27. The molecule has 0 aliphatic carbocycles. The van der Waals surface area contributed by atoms with Gasteiger partial charge in [-0.05, 0) is 24.6 Å². The number of hydrogen-bond acceptors (Lipinski definition) is 3. The standard InChI is InChI=1S/C10H8BrNO3/c1-6-2-3-7(4-8(6)11)12-9(13)5-15-10(12)14/h2-4H,5H2,1H3. The Morgan fingerprint density at radius 1 is 1.40 bits per heavy atom. The number of amides is 2. The van der Waals surface area contributed by atoms with Gasteiger partial charge in [-0.1, -0.05) is 22.0 Å². The summed E-state index contributed by atoms with van der Waals surface area (Å²) in [6.45, 7) is 1.75. The van der Waals surface area contributed by atoms with Crippen molar-refractivity contribution in [3.05, 3.63) is 28.2 Å². The highest BCUT2D eigenvalue weighted by Crippen LogP contribution is 2.25. The molecule has 15 heavy (non-hydrogen) atoms. The van der Waals surface area contributed by atoms with E-state index in [-0.39, 0.29) is 12.5 Å². The van der Waals surface area contributed by atoms with Gasteiger partial charge in [-0.2, -0.15) is 0 Å². The van der Waals surface area contributed by atoms with Crippen molar-refractivity contribution in [2.24, 2.45) is 0 Å². The molecule has 0 aromatic heterocycles. The fourth-order valence-electron chi connectivity index (χ4n) is 1.32. The third kappa shape index (κ3) is 1.74. The Bertz CT molecular complexity index is 428. The lowest BCUT2D eigenvalue weighted by molar-refractivity contribution is -0.117. The predicted octanol–water partition coefficient (Wildman–Crippen LogP) is 2.24. The third-order valence-electron chi connectivity index (χ3n) is 2.16. The zero-order chi connectivity index (χ0) is 11.0. The van der Waals surface area contributed by atoms with Crippen LogP contribution in [0.15, 0.2) is 22.7 Å². The lowest BCUT2D eigenvalue weighted by atomic mass is 10.2. The van der Waals surface area contributed by atoms with Crippen molar-refractivity contribution >= 4 is 33.6 Å². The number of aryl methyl sites for hydroxylation is 1. The van der Waals surface area contributed by atoms with Crippen molar-refractivity contribution in [2.75, 3.05) is 11.5 Å². The van der Waals surface area contributed by atoms with Gasteiger partial charge in [0.2, 0.25) is 0 Å². The van der Waals surface area contributed by atoms with Crippen LogP contribution >= 0.6 is 15.9 Å². The molecular weight excluding hydrogens is 262 g/mol. The maximum absolute atomic E-state index is 11.3. The Labute approximate surface area is 94.9 Å². The second kappa shape index (κ2) is 3.66. The van der Waals surface area contributed by atoms with Crippen LogP contribution in [-0.2, 0) is 9.53 Å². The molecule has 1 aromatic carbocycles. The van der Waals surface area contributed by atoms with E-state index < -0.39 is 6.09 Å². The van der Waals surface area contributed by atoms with Gasteiger partial charge in [0.05, 0.1) is 5.69 Å². The second-order valence-corrected chi connectivity index (χ2v) is 4.07. The van der Waals surface area contributed by atoms with E-state index in [0.29, 0.717) is 5.69 Å². The van der Waals surface area contributed by atoms with Gasteiger partial charge in [0, 0.05) is 4.47 Å². The van der Waals surface area contributed by atoms with Gasteiger partial charge in [-0.3, -0.25) is 4.79 Å². The van der Waals surface area contributed by atoms with E-state index in [0.717, 1.165) is 14.9 Å². The first-order valence-corrected chi connectivity index (χ1v) is 5.15. The number of halogens is 1. The number of cyclic esters (lactones) is 1. The van der Waals surface area contributed by atoms with Crippen LogP contribution < -0.4 is 4.90 Å². The first kappa shape index (κ1) is 10.2. The van der Waals surface area contributed by atoms with Crippen molar-refractivity contribution in [3.63, 3.8) is 0 Å². The summed E-state index contributed by atoms with van der Waals surface area (Å²) in [5, 5.41) is 0. The van der Waals surface area contributed by atoms with Gasteiger partial charge >= 0.3 is 6.09 Å². The minimum Gasteiger partial charge on any atom is -0.439 e. The number of hydrogen-bond donors (Lipinski definition) is 0. The zero-order valence-electron chi connectivity index (χ0n) is 7.99. The number of carbonyl (C=O) groups excluding carboxylic acids is 2. The van der Waals surface area contributed by atoms with Crippen LogP contribution in [-0.4, -0.2) is 18.6 Å². The summed E-state index contributed by atoms with van der Waals surface area (Å²) in [5.41, 5.74) is 1.57. The molecular formula is C10H8BrNO3. The molecule has 2 rings (SSSR count). The summed E-state index contributed by atoms with van der Waals surface area (Å²) in [7, 11) is 0. The topological polar surface area (TPSA) is 46.6 Å². The number of benzene rings is 1. The molecule has 1 aliphatic rings. The van der Waals surface area contributed by atoms with Gasteiger partial charge < -0.3 is 4.74 Å². The maximum atomic E-state index is 11.3. The van der Waals surface area contributed by atoms with Gasteiger partial charge in [0.1, 0.15) is 0 Å². The summed E-state index contributed by atoms with van der Waals surface area (Å²) < 4.78 is 5.48. The molecule has 4 nitrogen and oxygen atoms in total. The Morgan fingerprint density at radius 2 is 2.13 bits per heavy atom. The first-order valence-electron chi connectivity index (χ1n) is 4.35. The summed E-state index contributed by atoms with van der Waals surface area (Å²) in [6.07, 6.45) is -0.615. The molecule has 1 heterocycles. The minimum absolute atomic E-state index is 0.176. The lowest BCUT2D eigenvalue weighted by Crippen LogP contribution is -2.28. The molecule has 1 fully saturated rings. The number of ether oxygens (including phenoxy) is 1. The monoisotopic (exact) mass is 269 g/mol. The maximum Gasteiger partial charge on any atom is 0.421 e. The van der Waals surface area contributed by atoms with Crippen molar-refractivity contribution in [1.82, 2.24) is 0 Å². The van der Waals surface area contributed by atoms with E-state index in [1.165, 1.54) is 0 Å². The van der Waals surface area contributed by atoms with E-state index in [4.69, 9.17) is 0 Å². The molecule has 1 aromatic rings. The molecule has 0 bridgehead atoms. The molecule has 0 saturated carbocycles. The highest BCUT2D eigenvalue weighted by Gasteiger charge is 2.32. The number of nitrogens with zero attached hydrogens (tertiary/aromatic N) is 1. The average Bonchev–Trinajstić information content (AvgIpc) is 2.52. The normalized spacial score (nSPS) is 15.7. The Morgan fingerprint density at radius 3 is 2.67 bits per heavy atom. The van der Waals surface area contributed by atoms with Crippen LogP contribution in [0.1, 0.15) is 5.56 Å². The molecule has 0 N–H and O–H groups in total. The summed E-state index contributed by atoms with van der Waals surface area (Å²) in [5.74, 6) is -0.337. The highest BCUT2D eigenvalue weighted by atomic mass is 79.9. The van der Waals surface area contributed by atoms with Crippen LogP contribution in [0, 0.1) is 6.92 Å². The predicted molar refractivity (Wildman–Crippen MR) is 57.7 cm³/mol. The largest absolute Gasteiger partial charge is 0.439 e. The lowest BCUT2D eigenvalue weighted by Gasteiger charge is -2.11.